The lowest BCUT2D eigenvalue weighted by atomic mass is 9.97. The van der Waals surface area contributed by atoms with E-state index in [2.05, 4.69) is 10.6 Å². The second-order valence-corrected chi connectivity index (χ2v) is 6.35. The van der Waals surface area contributed by atoms with Gasteiger partial charge in [-0.2, -0.15) is 13.2 Å². The second-order valence-electron chi connectivity index (χ2n) is 6.35. The van der Waals surface area contributed by atoms with Crippen LogP contribution in [0.4, 0.5) is 18.9 Å². The molecule has 0 saturated heterocycles. The average molecular weight is 374 g/mol. The monoisotopic (exact) mass is 374 g/mol. The quantitative estimate of drug-likeness (QED) is 0.683. The van der Waals surface area contributed by atoms with E-state index in [9.17, 15) is 27.6 Å². The molecule has 0 spiro atoms. The highest BCUT2D eigenvalue weighted by molar-refractivity contribution is 5.97. The van der Waals surface area contributed by atoms with Crippen molar-refractivity contribution in [2.24, 2.45) is 11.8 Å². The Hall–Kier alpha value is -2.58. The number of carboxylic acids is 1. The molecule has 6 nitrogen and oxygen atoms in total. The van der Waals surface area contributed by atoms with E-state index in [0.29, 0.717) is 12.5 Å². The topological polar surface area (TPSA) is 95.5 Å². The number of amides is 2. The third-order valence-corrected chi connectivity index (χ3v) is 3.46. The first-order valence-corrected chi connectivity index (χ1v) is 7.91. The third-order valence-electron chi connectivity index (χ3n) is 3.46. The summed E-state index contributed by atoms with van der Waals surface area (Å²) in [5.41, 5.74) is -1.59. The second kappa shape index (κ2) is 8.68. The van der Waals surface area contributed by atoms with Crippen molar-refractivity contribution in [2.75, 3.05) is 11.9 Å². The van der Waals surface area contributed by atoms with E-state index in [0.717, 1.165) is 19.1 Å². The maximum absolute atomic E-state index is 13.0. The SMILES string of the molecule is CC(=O)Nc1cc(C(=O)NCC(CC(C)C)C(=O)O)cc(C(F)(F)F)c1. The molecule has 0 aliphatic carbocycles. The lowest BCUT2D eigenvalue weighted by Gasteiger charge is -2.16. The molecular weight excluding hydrogens is 353 g/mol. The van der Waals surface area contributed by atoms with Gasteiger partial charge >= 0.3 is 12.1 Å². The summed E-state index contributed by atoms with van der Waals surface area (Å²) < 4.78 is 39.0. The van der Waals surface area contributed by atoms with E-state index in [1.807, 2.05) is 13.8 Å². The summed E-state index contributed by atoms with van der Waals surface area (Å²) in [6.45, 7) is 4.57. The first-order valence-electron chi connectivity index (χ1n) is 7.91. The molecule has 1 aromatic rings. The Balaban J connectivity index is 3.02. The van der Waals surface area contributed by atoms with Gasteiger partial charge in [-0.25, -0.2) is 0 Å². The number of halogens is 3. The van der Waals surface area contributed by atoms with E-state index in [-0.39, 0.29) is 23.7 Å². The van der Waals surface area contributed by atoms with Gasteiger partial charge in [0.15, 0.2) is 0 Å². The Kier molecular flexibility index (Phi) is 7.17. The molecule has 0 aromatic heterocycles. The van der Waals surface area contributed by atoms with Crippen LogP contribution in [0, 0.1) is 11.8 Å². The van der Waals surface area contributed by atoms with Crippen LogP contribution >= 0.6 is 0 Å². The van der Waals surface area contributed by atoms with E-state index < -0.39 is 35.4 Å². The fraction of sp³-hybridized carbons (Fsp3) is 0.471. The van der Waals surface area contributed by atoms with Crippen molar-refractivity contribution in [3.63, 3.8) is 0 Å². The van der Waals surface area contributed by atoms with Crippen LogP contribution in [0.15, 0.2) is 18.2 Å². The van der Waals surface area contributed by atoms with Crippen molar-refractivity contribution >= 4 is 23.5 Å². The van der Waals surface area contributed by atoms with Gasteiger partial charge in [-0.15, -0.1) is 0 Å². The Morgan fingerprint density at radius 1 is 1.15 bits per heavy atom. The smallest absolute Gasteiger partial charge is 0.416 e. The summed E-state index contributed by atoms with van der Waals surface area (Å²) in [7, 11) is 0. The molecule has 0 aliphatic rings. The van der Waals surface area contributed by atoms with Gasteiger partial charge in [-0.3, -0.25) is 14.4 Å². The predicted molar refractivity (Wildman–Crippen MR) is 88.7 cm³/mol. The summed E-state index contributed by atoms with van der Waals surface area (Å²) in [5, 5.41) is 13.7. The lowest BCUT2D eigenvalue weighted by molar-refractivity contribution is -0.142. The highest BCUT2D eigenvalue weighted by atomic mass is 19.4. The molecule has 0 fully saturated rings. The van der Waals surface area contributed by atoms with Gasteiger partial charge in [0.2, 0.25) is 5.91 Å². The van der Waals surface area contributed by atoms with Gasteiger partial charge in [-0.05, 0) is 30.5 Å². The molecule has 0 radical (unpaired) electrons. The van der Waals surface area contributed by atoms with Crippen LogP contribution in [0.25, 0.3) is 0 Å². The zero-order valence-corrected chi connectivity index (χ0v) is 14.6. The van der Waals surface area contributed by atoms with Crippen LogP contribution in [0.3, 0.4) is 0 Å². The first-order chi connectivity index (χ1) is 11.9. The molecule has 0 aliphatic heterocycles. The lowest BCUT2D eigenvalue weighted by Crippen LogP contribution is -2.33. The van der Waals surface area contributed by atoms with Gasteiger partial charge in [0.25, 0.3) is 5.91 Å². The average Bonchev–Trinajstić information content (AvgIpc) is 2.48. The van der Waals surface area contributed by atoms with Crippen LogP contribution in [0.2, 0.25) is 0 Å². The van der Waals surface area contributed by atoms with Gasteiger partial charge < -0.3 is 15.7 Å². The zero-order chi connectivity index (χ0) is 20.1. The Labute approximate surface area is 148 Å². The molecule has 1 unspecified atom stereocenters. The summed E-state index contributed by atoms with van der Waals surface area (Å²) in [4.78, 5) is 34.5. The maximum atomic E-state index is 13.0. The normalized spacial score (nSPS) is 12.6. The molecule has 1 aromatic carbocycles. The van der Waals surface area contributed by atoms with Crippen LogP contribution < -0.4 is 10.6 Å². The van der Waals surface area contributed by atoms with Crippen molar-refractivity contribution in [3.05, 3.63) is 29.3 Å². The van der Waals surface area contributed by atoms with Crippen molar-refractivity contribution < 1.29 is 32.7 Å². The number of carboxylic acid groups (broad SMARTS) is 1. The van der Waals surface area contributed by atoms with Crippen LogP contribution in [-0.4, -0.2) is 29.4 Å². The molecule has 9 heteroatoms. The van der Waals surface area contributed by atoms with Gasteiger partial charge in [0.1, 0.15) is 0 Å². The Morgan fingerprint density at radius 3 is 2.23 bits per heavy atom. The molecule has 1 atom stereocenters. The molecule has 144 valence electrons. The first kappa shape index (κ1) is 21.5. The summed E-state index contributed by atoms with van der Waals surface area (Å²) >= 11 is 0. The number of rotatable bonds is 7. The highest BCUT2D eigenvalue weighted by Gasteiger charge is 2.32. The minimum Gasteiger partial charge on any atom is -0.481 e. The highest BCUT2D eigenvalue weighted by Crippen LogP contribution is 2.32. The van der Waals surface area contributed by atoms with Crippen molar-refractivity contribution in [3.8, 4) is 0 Å². The summed E-state index contributed by atoms with van der Waals surface area (Å²) in [5.74, 6) is -3.30. The maximum Gasteiger partial charge on any atom is 0.416 e. The number of anilines is 1. The molecule has 0 heterocycles. The minimum atomic E-state index is -4.70. The number of nitrogens with one attached hydrogen (secondary N) is 2. The molecule has 3 N–H and O–H groups in total. The zero-order valence-electron chi connectivity index (χ0n) is 14.6. The minimum absolute atomic E-state index is 0.0768. The van der Waals surface area contributed by atoms with Gasteiger partial charge in [-0.1, -0.05) is 13.8 Å². The van der Waals surface area contributed by atoms with Crippen molar-refractivity contribution in [1.29, 1.82) is 0 Å². The summed E-state index contributed by atoms with van der Waals surface area (Å²) in [6, 6.07) is 2.47. The number of alkyl halides is 3. The molecule has 26 heavy (non-hydrogen) atoms. The van der Waals surface area contributed by atoms with Crippen LogP contribution in [-0.2, 0) is 15.8 Å². The standard InChI is InChI=1S/C17H21F3N2O4/c1-9(2)4-12(16(25)26)8-21-15(24)11-5-13(17(18,19)20)7-14(6-11)22-10(3)23/h5-7,9,12H,4,8H2,1-3H3,(H,21,24)(H,22,23)(H,25,26). The predicted octanol–water partition coefficient (Wildman–Crippen LogP) is 3.14. The summed E-state index contributed by atoms with van der Waals surface area (Å²) in [6.07, 6.45) is -4.39. The Bertz CT molecular complexity index is 687. The number of aliphatic carboxylic acids is 1. The van der Waals surface area contributed by atoms with E-state index in [4.69, 9.17) is 5.11 Å². The number of carbonyl (C=O) groups is 3. The third kappa shape index (κ3) is 6.73. The fourth-order valence-corrected chi connectivity index (χ4v) is 2.36. The number of hydrogen-bond acceptors (Lipinski definition) is 3. The molecule has 0 bridgehead atoms. The molecule has 2 amide bonds. The van der Waals surface area contributed by atoms with E-state index in [1.54, 1.807) is 0 Å². The number of carbonyl (C=O) groups excluding carboxylic acids is 2. The Morgan fingerprint density at radius 2 is 1.77 bits per heavy atom. The molecule has 0 saturated carbocycles. The van der Waals surface area contributed by atoms with Crippen molar-refractivity contribution in [1.82, 2.24) is 5.32 Å². The number of hydrogen-bond donors (Lipinski definition) is 3. The van der Waals surface area contributed by atoms with Crippen molar-refractivity contribution in [2.45, 2.75) is 33.4 Å². The van der Waals surface area contributed by atoms with E-state index >= 15 is 0 Å². The van der Waals surface area contributed by atoms with E-state index in [1.165, 1.54) is 0 Å². The fourth-order valence-electron chi connectivity index (χ4n) is 2.36. The number of benzene rings is 1. The molecular formula is C17H21F3N2O4. The van der Waals surface area contributed by atoms with Gasteiger partial charge in [0, 0.05) is 24.7 Å². The molecule has 1 rings (SSSR count). The van der Waals surface area contributed by atoms with Crippen LogP contribution in [0.5, 0.6) is 0 Å². The van der Waals surface area contributed by atoms with Gasteiger partial charge in [0.05, 0.1) is 11.5 Å². The largest absolute Gasteiger partial charge is 0.481 e. The van der Waals surface area contributed by atoms with Crippen LogP contribution in [0.1, 0.15) is 43.1 Å².